The van der Waals surface area contributed by atoms with Gasteiger partial charge >= 0.3 is 0 Å². The highest BCUT2D eigenvalue weighted by Gasteiger charge is 2.30. The molecule has 0 aliphatic rings. The summed E-state index contributed by atoms with van der Waals surface area (Å²) >= 11 is 14.0. The van der Waals surface area contributed by atoms with E-state index in [-0.39, 0.29) is 11.9 Å². The van der Waals surface area contributed by atoms with Crippen LogP contribution in [0.3, 0.4) is 0 Å². The molecular formula is C22H19Cl2N3O2S. The number of thiazole rings is 1. The van der Waals surface area contributed by atoms with Crippen LogP contribution < -0.4 is 9.64 Å². The number of hydrogen-bond donors (Lipinski definition) is 0. The third kappa shape index (κ3) is 3.67. The number of anilines is 1. The molecule has 0 saturated carbocycles. The Morgan fingerprint density at radius 3 is 2.60 bits per heavy atom. The molecule has 1 unspecified atom stereocenters. The first-order valence-corrected chi connectivity index (χ1v) is 10.9. The quantitative estimate of drug-likeness (QED) is 0.345. The Bertz CT molecular complexity index is 1210. The first-order valence-electron chi connectivity index (χ1n) is 9.25. The number of methoxy groups -OCH3 is 1. The molecule has 4 aromatic rings. The van der Waals surface area contributed by atoms with E-state index in [0.717, 1.165) is 10.5 Å². The van der Waals surface area contributed by atoms with Crippen LogP contribution in [0.15, 0.2) is 54.0 Å². The number of rotatable bonds is 5. The molecule has 2 heterocycles. The Hall–Kier alpha value is -2.54. The number of fused-ring (bicyclic) bond motifs is 1. The van der Waals surface area contributed by atoms with Crippen LogP contribution in [0.2, 0.25) is 10.0 Å². The van der Waals surface area contributed by atoms with Crippen molar-refractivity contribution in [3.05, 3.63) is 81.0 Å². The zero-order valence-electron chi connectivity index (χ0n) is 16.6. The molecule has 0 fully saturated rings. The molecule has 0 bridgehead atoms. The molecule has 0 aliphatic heterocycles. The zero-order valence-corrected chi connectivity index (χ0v) is 18.9. The number of carbonyl (C=O) groups is 1. The van der Waals surface area contributed by atoms with E-state index in [2.05, 4.69) is 4.98 Å². The first kappa shape index (κ1) is 20.7. The fourth-order valence-electron chi connectivity index (χ4n) is 3.61. The van der Waals surface area contributed by atoms with Crippen molar-refractivity contribution < 1.29 is 9.53 Å². The lowest BCUT2D eigenvalue weighted by atomic mass is 10.0. The molecule has 0 N–H and O–H groups in total. The Kier molecular flexibility index (Phi) is 5.73. The van der Waals surface area contributed by atoms with Crippen LogP contribution in [-0.2, 0) is 0 Å². The van der Waals surface area contributed by atoms with Crippen LogP contribution in [-0.4, -0.2) is 22.4 Å². The van der Waals surface area contributed by atoms with E-state index >= 15 is 0 Å². The predicted octanol–water partition coefficient (Wildman–Crippen LogP) is 6.43. The highest BCUT2D eigenvalue weighted by Crippen LogP contribution is 2.36. The maximum atomic E-state index is 13.9. The molecule has 1 amide bonds. The molecule has 8 heteroatoms. The van der Waals surface area contributed by atoms with E-state index in [9.17, 15) is 4.79 Å². The highest BCUT2D eigenvalue weighted by molar-refractivity contribution is 7.15. The number of nitrogens with zero attached hydrogens (tertiary/aromatic N) is 3. The second-order valence-corrected chi connectivity index (χ2v) is 8.57. The van der Waals surface area contributed by atoms with Crippen molar-refractivity contribution in [2.45, 2.75) is 19.9 Å². The Morgan fingerprint density at radius 1 is 1.20 bits per heavy atom. The lowest BCUT2D eigenvalue weighted by Gasteiger charge is -2.31. The van der Waals surface area contributed by atoms with Gasteiger partial charge in [0.15, 0.2) is 4.96 Å². The average molecular weight is 460 g/mol. The van der Waals surface area contributed by atoms with Gasteiger partial charge in [-0.3, -0.25) is 14.1 Å². The van der Waals surface area contributed by atoms with Gasteiger partial charge < -0.3 is 4.74 Å². The number of amides is 1. The molecule has 0 saturated heterocycles. The number of aryl methyl sites for hydroxylation is 1. The molecule has 4 rings (SSSR count). The highest BCUT2D eigenvalue weighted by atomic mass is 35.5. The molecule has 2 aromatic heterocycles. The average Bonchev–Trinajstić information content (AvgIpc) is 3.27. The number of halogens is 2. The van der Waals surface area contributed by atoms with Crippen molar-refractivity contribution in [3.63, 3.8) is 0 Å². The minimum Gasteiger partial charge on any atom is -0.496 e. The van der Waals surface area contributed by atoms with Crippen LogP contribution >= 0.6 is 34.5 Å². The third-order valence-corrected chi connectivity index (χ3v) is 6.15. The first-order chi connectivity index (χ1) is 14.4. The van der Waals surface area contributed by atoms with Gasteiger partial charge in [-0.15, -0.1) is 11.3 Å². The van der Waals surface area contributed by atoms with Crippen molar-refractivity contribution >= 4 is 51.1 Å². The maximum Gasteiger partial charge on any atom is 0.277 e. The predicted molar refractivity (Wildman–Crippen MR) is 122 cm³/mol. The molecule has 5 nitrogen and oxygen atoms in total. The molecule has 0 radical (unpaired) electrons. The molecule has 1 atom stereocenters. The summed E-state index contributed by atoms with van der Waals surface area (Å²) < 4.78 is 7.36. The van der Waals surface area contributed by atoms with Gasteiger partial charge in [0.1, 0.15) is 11.4 Å². The minimum absolute atomic E-state index is 0.199. The van der Waals surface area contributed by atoms with Crippen molar-refractivity contribution in [2.75, 3.05) is 12.0 Å². The Labute approximate surface area is 188 Å². The number of carbonyl (C=O) groups excluding carboxylic acids is 1. The lowest BCUT2D eigenvalue weighted by Crippen LogP contribution is -2.35. The van der Waals surface area contributed by atoms with Gasteiger partial charge in [0.2, 0.25) is 0 Å². The molecule has 0 spiro atoms. The van der Waals surface area contributed by atoms with Gasteiger partial charge in [-0.2, -0.15) is 0 Å². The largest absolute Gasteiger partial charge is 0.496 e. The normalized spacial score (nSPS) is 12.2. The van der Waals surface area contributed by atoms with Gasteiger partial charge in [0, 0.05) is 32.9 Å². The number of benzene rings is 2. The maximum absolute atomic E-state index is 13.9. The summed E-state index contributed by atoms with van der Waals surface area (Å²) in [6.07, 6.45) is 1.85. The summed E-state index contributed by atoms with van der Waals surface area (Å²) in [6.45, 7) is 3.79. The van der Waals surface area contributed by atoms with Crippen LogP contribution in [0.4, 0.5) is 5.69 Å². The lowest BCUT2D eigenvalue weighted by molar-refractivity contribution is 0.0971. The van der Waals surface area contributed by atoms with Crippen molar-refractivity contribution in [2.24, 2.45) is 0 Å². The topological polar surface area (TPSA) is 46.8 Å². The van der Waals surface area contributed by atoms with Crippen LogP contribution in [0, 0.1) is 6.92 Å². The fourth-order valence-corrected chi connectivity index (χ4v) is 4.89. The van der Waals surface area contributed by atoms with Crippen molar-refractivity contribution in [1.82, 2.24) is 9.38 Å². The summed E-state index contributed by atoms with van der Waals surface area (Å²) in [5.74, 6) is 0.497. The van der Waals surface area contributed by atoms with Crippen molar-refractivity contribution in [3.8, 4) is 5.75 Å². The van der Waals surface area contributed by atoms with E-state index in [4.69, 9.17) is 27.9 Å². The SMILES string of the molecule is COc1ccccc1C(C)N(C(=O)c1c(C)nc2sccn12)c1cc(Cl)cc(Cl)c1. The number of imidazole rings is 1. The van der Waals surface area contributed by atoms with Gasteiger partial charge in [-0.1, -0.05) is 41.4 Å². The van der Waals surface area contributed by atoms with Gasteiger partial charge in [-0.05, 0) is 38.1 Å². The summed E-state index contributed by atoms with van der Waals surface area (Å²) in [6, 6.07) is 12.4. The summed E-state index contributed by atoms with van der Waals surface area (Å²) in [5, 5.41) is 2.81. The van der Waals surface area contributed by atoms with Gasteiger partial charge in [-0.25, -0.2) is 4.98 Å². The standard InChI is InChI=1S/C22H19Cl2N3O2S/c1-13-20(26-8-9-30-22(26)25-13)21(28)27(17-11-15(23)10-16(24)12-17)14(2)18-6-4-5-7-19(18)29-3/h4-12,14H,1-3H3. The number of hydrogen-bond acceptors (Lipinski definition) is 4. The van der Waals surface area contributed by atoms with Crippen LogP contribution in [0.25, 0.3) is 4.96 Å². The minimum atomic E-state index is -0.355. The monoisotopic (exact) mass is 459 g/mol. The third-order valence-electron chi connectivity index (χ3n) is 4.96. The molecule has 154 valence electrons. The molecule has 30 heavy (non-hydrogen) atoms. The molecule has 0 aliphatic carbocycles. The molecule has 2 aromatic carbocycles. The van der Waals surface area contributed by atoms with Gasteiger partial charge in [0.25, 0.3) is 5.91 Å². The van der Waals surface area contributed by atoms with E-state index < -0.39 is 0 Å². The summed E-state index contributed by atoms with van der Waals surface area (Å²) in [5.41, 5.74) is 2.63. The summed E-state index contributed by atoms with van der Waals surface area (Å²) in [7, 11) is 1.62. The second kappa shape index (κ2) is 8.30. The van der Waals surface area contributed by atoms with E-state index in [1.54, 1.807) is 30.2 Å². The second-order valence-electron chi connectivity index (χ2n) is 6.82. The van der Waals surface area contributed by atoms with Crippen molar-refractivity contribution in [1.29, 1.82) is 0 Å². The number of para-hydroxylation sites is 1. The molecular weight excluding hydrogens is 441 g/mol. The fraction of sp³-hybridized carbons (Fsp3) is 0.182. The summed E-state index contributed by atoms with van der Waals surface area (Å²) in [4.78, 5) is 20.9. The number of aromatic nitrogens is 2. The Balaban J connectivity index is 1.90. The van der Waals surface area contributed by atoms with Crippen LogP contribution in [0.5, 0.6) is 5.75 Å². The number of ether oxygens (including phenoxy) is 1. The Morgan fingerprint density at radius 2 is 1.90 bits per heavy atom. The zero-order chi connectivity index (χ0) is 21.4. The van der Waals surface area contributed by atoms with Gasteiger partial charge in [0.05, 0.1) is 18.8 Å². The smallest absolute Gasteiger partial charge is 0.277 e. The van der Waals surface area contributed by atoms with E-state index in [1.165, 1.54) is 11.3 Å². The van der Waals surface area contributed by atoms with E-state index in [1.807, 2.05) is 54.1 Å². The van der Waals surface area contributed by atoms with E-state index in [0.29, 0.717) is 32.9 Å². The van der Waals surface area contributed by atoms with Crippen LogP contribution in [0.1, 0.15) is 34.7 Å².